The minimum absolute atomic E-state index is 0.208. The molecule has 0 radical (unpaired) electrons. The highest BCUT2D eigenvalue weighted by molar-refractivity contribution is 6.23. The van der Waals surface area contributed by atoms with Crippen molar-refractivity contribution in [1.82, 2.24) is 4.98 Å². The van der Waals surface area contributed by atoms with Crippen LogP contribution in [-0.2, 0) is 14.3 Å². The van der Waals surface area contributed by atoms with Crippen LogP contribution >= 0.6 is 0 Å². The van der Waals surface area contributed by atoms with Gasteiger partial charge in [0.15, 0.2) is 0 Å². The van der Waals surface area contributed by atoms with Crippen LogP contribution in [0.25, 0.3) is 0 Å². The molecule has 0 aliphatic carbocycles. The molecule has 3 aliphatic heterocycles. The Hall–Kier alpha value is -2.26. The van der Waals surface area contributed by atoms with Crippen LogP contribution in [0.4, 0.5) is 5.69 Å². The number of imide groups is 1. The Morgan fingerprint density at radius 3 is 2.30 bits per heavy atom. The molecule has 2 bridgehead atoms. The molecule has 6 heteroatoms. The van der Waals surface area contributed by atoms with Gasteiger partial charge in [-0.3, -0.25) is 9.59 Å². The third kappa shape index (κ3) is 1.63. The lowest BCUT2D eigenvalue weighted by atomic mass is 9.69. The largest absolute Gasteiger partial charge is 0.367 e. The predicted octanol–water partition coefficient (Wildman–Crippen LogP) is 1.71. The highest BCUT2D eigenvalue weighted by atomic mass is 16.5. The number of fused-ring (bicyclic) bond motifs is 5. The Bertz CT molecular complexity index is 765. The second kappa shape index (κ2) is 4.18. The van der Waals surface area contributed by atoms with Gasteiger partial charge in [0.2, 0.25) is 11.8 Å². The van der Waals surface area contributed by atoms with Crippen LogP contribution in [0.15, 0.2) is 12.3 Å². The zero-order chi connectivity index (χ0) is 16.6. The number of pyridine rings is 1. The topological polar surface area (TPSA) is 83.3 Å². The summed E-state index contributed by atoms with van der Waals surface area (Å²) in [7, 11) is 0. The molecule has 1 aromatic heterocycles. The first kappa shape index (κ1) is 14.3. The molecule has 0 aromatic carbocycles. The van der Waals surface area contributed by atoms with E-state index in [-0.39, 0.29) is 17.5 Å². The quantitative estimate of drug-likeness (QED) is 0.737. The molecule has 1 aromatic rings. The van der Waals surface area contributed by atoms with E-state index in [4.69, 9.17) is 10.00 Å². The van der Waals surface area contributed by atoms with Crippen LogP contribution in [-0.4, -0.2) is 28.0 Å². The van der Waals surface area contributed by atoms with Crippen LogP contribution in [0.3, 0.4) is 0 Å². The van der Waals surface area contributed by atoms with Gasteiger partial charge in [-0.1, -0.05) is 0 Å². The standard InChI is InChI=1S/C17H17N3O3/c1-9-6-10(7-18)19-8-11(9)20-14(21)12-13(15(20)22)17(3)5-4-16(12,2)23-17/h6,8,12-13H,4-5H2,1-3H3/t12-,13+,16?,17?. The van der Waals surface area contributed by atoms with Gasteiger partial charge in [0.1, 0.15) is 11.8 Å². The Balaban J connectivity index is 1.80. The molecule has 4 heterocycles. The number of hydrogen-bond acceptors (Lipinski definition) is 5. The van der Waals surface area contributed by atoms with Crippen LogP contribution in [0.5, 0.6) is 0 Å². The molecule has 0 saturated carbocycles. The van der Waals surface area contributed by atoms with Gasteiger partial charge in [0, 0.05) is 0 Å². The summed E-state index contributed by atoms with van der Waals surface area (Å²) in [6.07, 6.45) is 3.03. The maximum Gasteiger partial charge on any atom is 0.240 e. The van der Waals surface area contributed by atoms with Crippen LogP contribution < -0.4 is 4.90 Å². The van der Waals surface area contributed by atoms with E-state index in [1.165, 1.54) is 11.1 Å². The van der Waals surface area contributed by atoms with Gasteiger partial charge in [-0.05, 0) is 45.2 Å². The normalized spacial score (nSPS) is 38.1. The van der Waals surface area contributed by atoms with Crippen molar-refractivity contribution < 1.29 is 14.3 Å². The molecule has 3 saturated heterocycles. The maximum absolute atomic E-state index is 13.0. The Morgan fingerprint density at radius 1 is 1.26 bits per heavy atom. The summed E-state index contributed by atoms with van der Waals surface area (Å²) >= 11 is 0. The molecule has 4 atom stereocenters. The van der Waals surface area contributed by atoms with Crippen molar-refractivity contribution in [3.63, 3.8) is 0 Å². The minimum atomic E-state index is -0.561. The average molecular weight is 311 g/mol. The number of aryl methyl sites for hydroxylation is 1. The van der Waals surface area contributed by atoms with Crippen molar-refractivity contribution in [3.8, 4) is 6.07 Å². The van der Waals surface area contributed by atoms with E-state index in [9.17, 15) is 9.59 Å². The first-order valence-electron chi connectivity index (χ1n) is 7.75. The number of aromatic nitrogens is 1. The van der Waals surface area contributed by atoms with Crippen molar-refractivity contribution in [1.29, 1.82) is 5.26 Å². The Morgan fingerprint density at radius 2 is 1.83 bits per heavy atom. The summed E-state index contributed by atoms with van der Waals surface area (Å²) in [4.78, 5) is 31.2. The van der Waals surface area contributed by atoms with Crippen molar-refractivity contribution in [2.45, 2.75) is 44.8 Å². The van der Waals surface area contributed by atoms with E-state index >= 15 is 0 Å². The Kier molecular flexibility index (Phi) is 2.60. The fourth-order valence-corrected chi connectivity index (χ4v) is 4.55. The summed E-state index contributed by atoms with van der Waals surface area (Å²) in [5, 5.41) is 8.92. The number of nitrogens with zero attached hydrogens (tertiary/aromatic N) is 3. The molecule has 3 aliphatic rings. The second-order valence-electron chi connectivity index (χ2n) is 7.16. The summed E-state index contributed by atoms with van der Waals surface area (Å²) in [6, 6.07) is 3.56. The lowest BCUT2D eigenvalue weighted by Crippen LogP contribution is -2.40. The number of carbonyl (C=O) groups excluding carboxylic acids is 2. The molecule has 6 nitrogen and oxygen atoms in total. The molecule has 118 valence electrons. The monoisotopic (exact) mass is 311 g/mol. The van der Waals surface area contributed by atoms with Crippen molar-refractivity contribution in [2.75, 3.05) is 4.90 Å². The smallest absolute Gasteiger partial charge is 0.240 e. The highest BCUT2D eigenvalue weighted by Gasteiger charge is 2.72. The molecule has 3 fully saturated rings. The third-order valence-corrected chi connectivity index (χ3v) is 5.64. The summed E-state index contributed by atoms with van der Waals surface area (Å²) < 4.78 is 6.08. The SMILES string of the molecule is Cc1cc(C#N)ncc1N1C(=O)[C@@H]2[C@H](C1=O)C1(C)CCC2(C)O1. The van der Waals surface area contributed by atoms with Crippen LogP contribution in [0.1, 0.15) is 37.9 Å². The van der Waals surface area contributed by atoms with Gasteiger partial charge in [-0.15, -0.1) is 0 Å². The number of amides is 2. The fourth-order valence-electron chi connectivity index (χ4n) is 4.55. The highest BCUT2D eigenvalue weighted by Crippen LogP contribution is 2.60. The van der Waals surface area contributed by atoms with Gasteiger partial charge < -0.3 is 4.74 Å². The van der Waals surface area contributed by atoms with Gasteiger partial charge in [-0.2, -0.15) is 5.26 Å². The summed E-state index contributed by atoms with van der Waals surface area (Å²) in [6.45, 7) is 5.64. The van der Waals surface area contributed by atoms with E-state index in [1.54, 1.807) is 13.0 Å². The lowest BCUT2D eigenvalue weighted by Gasteiger charge is -2.27. The number of anilines is 1. The first-order chi connectivity index (χ1) is 10.8. The third-order valence-electron chi connectivity index (χ3n) is 5.64. The van der Waals surface area contributed by atoms with Crippen molar-refractivity contribution in [3.05, 3.63) is 23.5 Å². The average Bonchev–Trinajstić information content (AvgIpc) is 3.04. The second-order valence-corrected chi connectivity index (χ2v) is 7.16. The van der Waals surface area contributed by atoms with Crippen molar-refractivity contribution >= 4 is 17.5 Å². The number of rotatable bonds is 1. The summed E-state index contributed by atoms with van der Waals surface area (Å²) in [5.74, 6) is -1.27. The zero-order valence-electron chi connectivity index (χ0n) is 13.3. The molecular weight excluding hydrogens is 294 g/mol. The van der Waals surface area contributed by atoms with Gasteiger partial charge in [0.25, 0.3) is 0 Å². The lowest BCUT2D eigenvalue weighted by molar-refractivity contribution is -0.129. The molecular formula is C17H17N3O3. The maximum atomic E-state index is 13.0. The molecule has 2 amide bonds. The van der Waals surface area contributed by atoms with E-state index in [2.05, 4.69) is 4.98 Å². The number of carbonyl (C=O) groups is 2. The van der Waals surface area contributed by atoms with E-state index in [1.807, 2.05) is 19.9 Å². The van der Waals surface area contributed by atoms with E-state index in [0.717, 1.165) is 12.8 Å². The number of ether oxygens (including phenoxy) is 1. The minimum Gasteiger partial charge on any atom is -0.367 e. The summed E-state index contributed by atoms with van der Waals surface area (Å²) in [5.41, 5.74) is 0.318. The molecule has 0 spiro atoms. The number of nitriles is 1. The Labute approximate surface area is 134 Å². The molecule has 4 rings (SSSR count). The van der Waals surface area contributed by atoms with E-state index in [0.29, 0.717) is 11.3 Å². The molecule has 2 unspecified atom stereocenters. The molecule has 23 heavy (non-hydrogen) atoms. The fraction of sp³-hybridized carbons (Fsp3) is 0.529. The van der Waals surface area contributed by atoms with Gasteiger partial charge in [-0.25, -0.2) is 9.88 Å². The van der Waals surface area contributed by atoms with Crippen LogP contribution in [0.2, 0.25) is 0 Å². The number of hydrogen-bond donors (Lipinski definition) is 0. The zero-order valence-corrected chi connectivity index (χ0v) is 13.3. The van der Waals surface area contributed by atoms with E-state index < -0.39 is 23.0 Å². The first-order valence-corrected chi connectivity index (χ1v) is 7.75. The van der Waals surface area contributed by atoms with Crippen LogP contribution in [0, 0.1) is 30.1 Å². The predicted molar refractivity (Wildman–Crippen MR) is 80.3 cm³/mol. The van der Waals surface area contributed by atoms with Crippen molar-refractivity contribution in [2.24, 2.45) is 11.8 Å². The molecule has 0 N–H and O–H groups in total. The van der Waals surface area contributed by atoms with Gasteiger partial charge in [0.05, 0.1) is 34.9 Å². The van der Waals surface area contributed by atoms with Gasteiger partial charge >= 0.3 is 0 Å².